The second-order valence-electron chi connectivity index (χ2n) is 3.96. The molecule has 0 saturated heterocycles. The maximum atomic E-state index is 11.2. The van der Waals surface area contributed by atoms with Crippen molar-refractivity contribution in [1.82, 2.24) is 5.32 Å². The average molecular weight is 187 g/mol. The van der Waals surface area contributed by atoms with Crippen LogP contribution in [0.3, 0.4) is 0 Å². The molecule has 0 unspecified atom stereocenters. The molecule has 0 aromatic carbocycles. The van der Waals surface area contributed by atoms with E-state index in [0.29, 0.717) is 5.92 Å². The van der Waals surface area contributed by atoms with E-state index in [1.54, 1.807) is 11.8 Å². The SMILES string of the molecule is CSC(C)(C)CNC(=O)C1CC1. The first kappa shape index (κ1) is 9.90. The van der Waals surface area contributed by atoms with E-state index in [2.05, 4.69) is 25.4 Å². The first-order valence-electron chi connectivity index (χ1n) is 4.38. The van der Waals surface area contributed by atoms with Crippen molar-refractivity contribution in [3.8, 4) is 0 Å². The summed E-state index contributed by atoms with van der Waals surface area (Å²) in [6, 6.07) is 0. The molecular formula is C9H17NOS. The summed E-state index contributed by atoms with van der Waals surface area (Å²) in [5.74, 6) is 0.583. The highest BCUT2D eigenvalue weighted by Gasteiger charge is 2.30. The summed E-state index contributed by atoms with van der Waals surface area (Å²) in [5.41, 5.74) is 0. The van der Waals surface area contributed by atoms with Crippen molar-refractivity contribution in [3.05, 3.63) is 0 Å². The van der Waals surface area contributed by atoms with Gasteiger partial charge in [0, 0.05) is 17.2 Å². The molecule has 0 radical (unpaired) electrons. The van der Waals surface area contributed by atoms with Crippen LogP contribution in [0.25, 0.3) is 0 Å². The molecule has 1 saturated carbocycles. The molecule has 1 fully saturated rings. The number of carbonyl (C=O) groups is 1. The minimum atomic E-state index is 0.171. The van der Waals surface area contributed by atoms with Gasteiger partial charge in [-0.05, 0) is 32.9 Å². The standard InChI is InChI=1S/C9H17NOS/c1-9(2,12-3)6-10-8(11)7-4-5-7/h7H,4-6H2,1-3H3,(H,10,11). The highest BCUT2D eigenvalue weighted by molar-refractivity contribution is 7.99. The van der Waals surface area contributed by atoms with Crippen LogP contribution >= 0.6 is 11.8 Å². The first-order valence-corrected chi connectivity index (χ1v) is 5.60. The van der Waals surface area contributed by atoms with Crippen molar-refractivity contribution in [1.29, 1.82) is 0 Å². The second-order valence-corrected chi connectivity index (χ2v) is 5.47. The van der Waals surface area contributed by atoms with E-state index in [-0.39, 0.29) is 10.7 Å². The number of nitrogens with one attached hydrogen (secondary N) is 1. The predicted octanol–water partition coefficient (Wildman–Crippen LogP) is 1.65. The molecule has 0 atom stereocenters. The number of hydrogen-bond acceptors (Lipinski definition) is 2. The van der Waals surface area contributed by atoms with E-state index in [4.69, 9.17) is 0 Å². The topological polar surface area (TPSA) is 29.1 Å². The van der Waals surface area contributed by atoms with Crippen LogP contribution < -0.4 is 5.32 Å². The van der Waals surface area contributed by atoms with Gasteiger partial charge < -0.3 is 5.32 Å². The maximum Gasteiger partial charge on any atom is 0.223 e. The third-order valence-electron chi connectivity index (χ3n) is 2.19. The highest BCUT2D eigenvalue weighted by atomic mass is 32.2. The van der Waals surface area contributed by atoms with Crippen LogP contribution in [0.1, 0.15) is 26.7 Å². The Morgan fingerprint density at radius 3 is 2.58 bits per heavy atom. The fraction of sp³-hybridized carbons (Fsp3) is 0.889. The Bertz CT molecular complexity index is 175. The minimum Gasteiger partial charge on any atom is -0.354 e. The average Bonchev–Trinajstić information content (AvgIpc) is 2.83. The molecule has 2 nitrogen and oxygen atoms in total. The zero-order chi connectivity index (χ0) is 9.19. The van der Waals surface area contributed by atoms with Crippen LogP contribution in [-0.4, -0.2) is 23.5 Å². The fourth-order valence-corrected chi connectivity index (χ4v) is 1.08. The summed E-state index contributed by atoms with van der Waals surface area (Å²) < 4.78 is 0.171. The van der Waals surface area contributed by atoms with Crippen molar-refractivity contribution in [3.63, 3.8) is 0 Å². The monoisotopic (exact) mass is 187 g/mol. The van der Waals surface area contributed by atoms with Gasteiger partial charge in [-0.1, -0.05) is 0 Å². The Kier molecular flexibility index (Phi) is 3.04. The van der Waals surface area contributed by atoms with Crippen molar-refractivity contribution >= 4 is 17.7 Å². The van der Waals surface area contributed by atoms with Crippen molar-refractivity contribution in [2.75, 3.05) is 12.8 Å². The van der Waals surface area contributed by atoms with Gasteiger partial charge in [0.1, 0.15) is 0 Å². The molecule has 1 aliphatic carbocycles. The van der Waals surface area contributed by atoms with Gasteiger partial charge in [-0.15, -0.1) is 0 Å². The largest absolute Gasteiger partial charge is 0.354 e. The van der Waals surface area contributed by atoms with Crippen LogP contribution in [0.2, 0.25) is 0 Å². The molecule has 0 heterocycles. The third kappa shape index (κ3) is 3.05. The van der Waals surface area contributed by atoms with Crippen molar-refractivity contribution in [2.45, 2.75) is 31.4 Å². The summed E-state index contributed by atoms with van der Waals surface area (Å²) in [6.45, 7) is 5.07. The summed E-state index contributed by atoms with van der Waals surface area (Å²) in [5, 5.41) is 2.98. The molecule has 0 aliphatic heterocycles. The van der Waals surface area contributed by atoms with E-state index < -0.39 is 0 Å². The molecule has 0 aromatic rings. The molecule has 1 rings (SSSR count). The lowest BCUT2D eigenvalue weighted by Crippen LogP contribution is -2.36. The van der Waals surface area contributed by atoms with Crippen molar-refractivity contribution in [2.24, 2.45) is 5.92 Å². The van der Waals surface area contributed by atoms with Gasteiger partial charge in [0.25, 0.3) is 0 Å². The molecule has 3 heteroatoms. The molecule has 1 amide bonds. The highest BCUT2D eigenvalue weighted by Crippen LogP contribution is 2.29. The Hall–Kier alpha value is -0.180. The molecule has 70 valence electrons. The van der Waals surface area contributed by atoms with E-state index in [1.165, 1.54) is 0 Å². The maximum absolute atomic E-state index is 11.2. The van der Waals surface area contributed by atoms with Gasteiger partial charge in [0.2, 0.25) is 5.91 Å². The number of rotatable bonds is 4. The van der Waals surface area contributed by atoms with E-state index in [0.717, 1.165) is 19.4 Å². The third-order valence-corrected chi connectivity index (χ3v) is 3.44. The lowest BCUT2D eigenvalue weighted by Gasteiger charge is -2.22. The number of amides is 1. The Balaban J connectivity index is 2.19. The molecule has 12 heavy (non-hydrogen) atoms. The zero-order valence-electron chi connectivity index (χ0n) is 8.02. The van der Waals surface area contributed by atoms with E-state index in [1.807, 2.05) is 0 Å². The number of thioether (sulfide) groups is 1. The van der Waals surface area contributed by atoms with Crippen LogP contribution in [0.5, 0.6) is 0 Å². The van der Waals surface area contributed by atoms with E-state index in [9.17, 15) is 4.79 Å². The molecule has 1 N–H and O–H groups in total. The summed E-state index contributed by atoms with van der Waals surface area (Å²) in [4.78, 5) is 11.2. The molecular weight excluding hydrogens is 170 g/mol. The number of hydrogen-bond donors (Lipinski definition) is 1. The van der Waals surface area contributed by atoms with E-state index >= 15 is 0 Å². The molecule has 0 bridgehead atoms. The van der Waals surface area contributed by atoms with Gasteiger partial charge in [0.15, 0.2) is 0 Å². The van der Waals surface area contributed by atoms with Crippen LogP contribution in [0.15, 0.2) is 0 Å². The molecule has 0 aromatic heterocycles. The van der Waals surface area contributed by atoms with Gasteiger partial charge in [-0.25, -0.2) is 0 Å². The molecule has 0 spiro atoms. The fourth-order valence-electron chi connectivity index (χ4n) is 0.862. The van der Waals surface area contributed by atoms with Gasteiger partial charge in [-0.2, -0.15) is 11.8 Å². The first-order chi connectivity index (χ1) is 5.55. The number of carbonyl (C=O) groups excluding carboxylic acids is 1. The normalized spacial score (nSPS) is 17.6. The smallest absolute Gasteiger partial charge is 0.223 e. The van der Waals surface area contributed by atoms with Crippen LogP contribution in [0, 0.1) is 5.92 Å². The summed E-state index contributed by atoms with van der Waals surface area (Å²) in [7, 11) is 0. The Morgan fingerprint density at radius 1 is 1.58 bits per heavy atom. The summed E-state index contributed by atoms with van der Waals surface area (Å²) >= 11 is 1.79. The Labute approximate surface area is 78.5 Å². The van der Waals surface area contributed by atoms with Gasteiger partial charge >= 0.3 is 0 Å². The minimum absolute atomic E-state index is 0.171. The second kappa shape index (κ2) is 3.69. The summed E-state index contributed by atoms with van der Waals surface area (Å²) in [6.07, 6.45) is 4.25. The van der Waals surface area contributed by atoms with Gasteiger partial charge in [0.05, 0.1) is 0 Å². The van der Waals surface area contributed by atoms with Crippen molar-refractivity contribution < 1.29 is 4.79 Å². The van der Waals surface area contributed by atoms with Gasteiger partial charge in [-0.3, -0.25) is 4.79 Å². The zero-order valence-corrected chi connectivity index (χ0v) is 8.83. The van der Waals surface area contributed by atoms with Crippen LogP contribution in [0.4, 0.5) is 0 Å². The lowest BCUT2D eigenvalue weighted by atomic mass is 10.2. The van der Waals surface area contributed by atoms with Crippen LogP contribution in [-0.2, 0) is 4.79 Å². The lowest BCUT2D eigenvalue weighted by molar-refractivity contribution is -0.122. The predicted molar refractivity (Wildman–Crippen MR) is 53.3 cm³/mol. The Morgan fingerprint density at radius 2 is 2.17 bits per heavy atom. The quantitative estimate of drug-likeness (QED) is 0.725. The molecule has 1 aliphatic rings.